The quantitative estimate of drug-likeness (QED) is 0.238. The summed E-state index contributed by atoms with van der Waals surface area (Å²) in [6.07, 6.45) is 5.46. The first-order valence-corrected chi connectivity index (χ1v) is 12.9. The van der Waals surface area contributed by atoms with E-state index in [2.05, 4.69) is 39.5 Å². The van der Waals surface area contributed by atoms with Gasteiger partial charge in [-0.3, -0.25) is 4.79 Å². The zero-order valence-electron chi connectivity index (χ0n) is 19.3. The fourth-order valence-corrected chi connectivity index (χ4v) is 5.88. The number of Topliss-reactive ketones (excluding diaryl/α,β-unsaturated/α-hetero) is 1. The molecule has 3 atom stereocenters. The smallest absolute Gasteiger partial charge is 0.175 e. The standard InChI is InChI=1S/C28H24BrCl2NO3/c1-15(33)17-7-9-25-21(11-17)19-4-3-5-20(19)27(32-25)18-12-22(29)28(26(13-18)34-2)35-14-16-6-8-23(30)24(31)10-16/h3-4,6-13,19-20,27,32H,5,14H2,1-2H3/t19-,20+,27+/m1/s1. The van der Waals surface area contributed by atoms with E-state index in [0.29, 0.717) is 34.1 Å². The second-order valence-corrected chi connectivity index (χ2v) is 10.6. The summed E-state index contributed by atoms with van der Waals surface area (Å²) < 4.78 is 12.7. The molecule has 0 spiro atoms. The van der Waals surface area contributed by atoms with Gasteiger partial charge in [-0.2, -0.15) is 0 Å². The van der Waals surface area contributed by atoms with Crippen LogP contribution in [0, 0.1) is 5.92 Å². The van der Waals surface area contributed by atoms with Crippen molar-refractivity contribution in [2.75, 3.05) is 12.4 Å². The molecule has 35 heavy (non-hydrogen) atoms. The molecule has 0 saturated heterocycles. The highest BCUT2D eigenvalue weighted by Gasteiger charge is 2.38. The molecule has 3 aromatic rings. The van der Waals surface area contributed by atoms with Crippen LogP contribution in [0.4, 0.5) is 5.69 Å². The summed E-state index contributed by atoms with van der Waals surface area (Å²) in [6, 6.07) is 15.6. The van der Waals surface area contributed by atoms with E-state index in [0.717, 1.165) is 33.3 Å². The Morgan fingerprint density at radius 3 is 2.69 bits per heavy atom. The predicted octanol–water partition coefficient (Wildman–Crippen LogP) is 8.37. The van der Waals surface area contributed by atoms with Crippen LogP contribution in [0.5, 0.6) is 11.5 Å². The maximum absolute atomic E-state index is 11.9. The number of benzene rings is 3. The molecule has 0 radical (unpaired) electrons. The SMILES string of the molecule is COc1cc([C@@H]2Nc3ccc(C(C)=O)cc3[C@@H]3C=CC[C@@H]32)cc(Br)c1OCc1ccc(Cl)c(Cl)c1. The number of hydrogen-bond donors (Lipinski definition) is 1. The Hall–Kier alpha value is -2.47. The summed E-state index contributed by atoms with van der Waals surface area (Å²) in [4.78, 5) is 11.9. The van der Waals surface area contributed by atoms with E-state index in [9.17, 15) is 4.79 Å². The number of hydrogen-bond acceptors (Lipinski definition) is 4. The maximum atomic E-state index is 11.9. The highest BCUT2D eigenvalue weighted by atomic mass is 79.9. The summed E-state index contributed by atoms with van der Waals surface area (Å²) in [6.45, 7) is 1.94. The average Bonchev–Trinajstić information content (AvgIpc) is 3.34. The molecular weight excluding hydrogens is 549 g/mol. The van der Waals surface area contributed by atoms with Crippen molar-refractivity contribution in [3.63, 3.8) is 0 Å². The number of methoxy groups -OCH3 is 1. The number of ether oxygens (including phenoxy) is 2. The van der Waals surface area contributed by atoms with Gasteiger partial charge < -0.3 is 14.8 Å². The zero-order valence-corrected chi connectivity index (χ0v) is 22.4. The maximum Gasteiger partial charge on any atom is 0.175 e. The monoisotopic (exact) mass is 571 g/mol. The summed E-state index contributed by atoms with van der Waals surface area (Å²) >= 11 is 15.9. The second-order valence-electron chi connectivity index (χ2n) is 8.90. The fraction of sp³-hybridized carbons (Fsp3) is 0.250. The lowest BCUT2D eigenvalue weighted by molar-refractivity contribution is 0.101. The van der Waals surface area contributed by atoms with E-state index in [4.69, 9.17) is 32.7 Å². The van der Waals surface area contributed by atoms with E-state index >= 15 is 0 Å². The average molecular weight is 573 g/mol. The Morgan fingerprint density at radius 2 is 1.94 bits per heavy atom. The van der Waals surface area contributed by atoms with Gasteiger partial charge in [-0.15, -0.1) is 0 Å². The van der Waals surface area contributed by atoms with Crippen LogP contribution in [0.1, 0.15) is 52.4 Å². The van der Waals surface area contributed by atoms with Gasteiger partial charge in [-0.05, 0) is 94.3 Å². The molecule has 1 aliphatic heterocycles. The first kappa shape index (κ1) is 24.2. The van der Waals surface area contributed by atoms with Crippen molar-refractivity contribution in [2.24, 2.45) is 5.92 Å². The number of carbonyl (C=O) groups is 1. The van der Waals surface area contributed by atoms with Crippen molar-refractivity contribution in [1.29, 1.82) is 0 Å². The Morgan fingerprint density at radius 1 is 1.11 bits per heavy atom. The molecule has 0 aromatic heterocycles. The third kappa shape index (κ3) is 4.69. The third-order valence-electron chi connectivity index (χ3n) is 6.75. The van der Waals surface area contributed by atoms with E-state index in [1.54, 1.807) is 26.2 Å². The summed E-state index contributed by atoms with van der Waals surface area (Å²) in [5, 5.41) is 4.73. The van der Waals surface area contributed by atoms with Crippen LogP contribution in [-0.2, 0) is 6.61 Å². The molecule has 0 fully saturated rings. The molecule has 5 rings (SSSR count). The highest BCUT2D eigenvalue weighted by molar-refractivity contribution is 9.10. The number of rotatable bonds is 6. The van der Waals surface area contributed by atoms with E-state index in [-0.39, 0.29) is 17.7 Å². The number of carbonyl (C=O) groups excluding carboxylic acids is 1. The Balaban J connectivity index is 1.44. The van der Waals surface area contributed by atoms with Gasteiger partial charge in [0.1, 0.15) is 6.61 Å². The highest BCUT2D eigenvalue weighted by Crippen LogP contribution is 2.51. The van der Waals surface area contributed by atoms with Gasteiger partial charge in [0.25, 0.3) is 0 Å². The normalized spacial score (nSPS) is 20.1. The minimum absolute atomic E-state index is 0.0820. The van der Waals surface area contributed by atoms with Crippen LogP contribution >= 0.6 is 39.1 Å². The van der Waals surface area contributed by atoms with E-state index in [1.165, 1.54) is 5.56 Å². The minimum atomic E-state index is 0.0820. The van der Waals surface area contributed by atoms with E-state index in [1.807, 2.05) is 30.3 Å². The Labute approximate surface area is 223 Å². The Bertz CT molecular complexity index is 1340. The first-order chi connectivity index (χ1) is 16.9. The number of fused-ring (bicyclic) bond motifs is 3. The van der Waals surface area contributed by atoms with Gasteiger partial charge in [0.2, 0.25) is 0 Å². The molecule has 4 nitrogen and oxygen atoms in total. The van der Waals surface area contributed by atoms with Crippen LogP contribution in [0.25, 0.3) is 0 Å². The lowest BCUT2D eigenvalue weighted by Gasteiger charge is -2.38. The number of nitrogens with one attached hydrogen (secondary N) is 1. The number of halogens is 3. The van der Waals surface area contributed by atoms with Gasteiger partial charge in [0.15, 0.2) is 17.3 Å². The van der Waals surface area contributed by atoms with Crippen LogP contribution < -0.4 is 14.8 Å². The van der Waals surface area contributed by atoms with Crippen molar-refractivity contribution in [3.05, 3.63) is 97.5 Å². The molecule has 1 aliphatic carbocycles. The summed E-state index contributed by atoms with van der Waals surface area (Å²) in [5.41, 5.74) is 5.00. The third-order valence-corrected chi connectivity index (χ3v) is 8.08. The second kappa shape index (κ2) is 9.88. The largest absolute Gasteiger partial charge is 0.493 e. The minimum Gasteiger partial charge on any atom is -0.493 e. The van der Waals surface area contributed by atoms with Crippen molar-refractivity contribution in [1.82, 2.24) is 0 Å². The van der Waals surface area contributed by atoms with Crippen molar-refractivity contribution in [2.45, 2.75) is 31.9 Å². The predicted molar refractivity (Wildman–Crippen MR) is 144 cm³/mol. The van der Waals surface area contributed by atoms with Crippen molar-refractivity contribution >= 4 is 50.6 Å². The van der Waals surface area contributed by atoms with Gasteiger partial charge in [-0.1, -0.05) is 41.4 Å². The number of allylic oxidation sites excluding steroid dienone is 2. The molecule has 0 amide bonds. The van der Waals surface area contributed by atoms with Crippen LogP contribution in [0.3, 0.4) is 0 Å². The van der Waals surface area contributed by atoms with Crippen molar-refractivity contribution < 1.29 is 14.3 Å². The van der Waals surface area contributed by atoms with E-state index < -0.39 is 0 Å². The molecular formula is C28H24BrCl2NO3. The topological polar surface area (TPSA) is 47.6 Å². The Kier molecular flexibility index (Phi) is 6.84. The summed E-state index contributed by atoms with van der Waals surface area (Å²) in [5.74, 6) is 1.95. The number of ketones is 1. The molecule has 3 aromatic carbocycles. The molecule has 0 unspecified atom stereocenters. The lowest BCUT2D eigenvalue weighted by atomic mass is 9.76. The molecule has 1 heterocycles. The fourth-order valence-electron chi connectivity index (χ4n) is 4.99. The van der Waals surface area contributed by atoms with Gasteiger partial charge in [0, 0.05) is 17.2 Å². The van der Waals surface area contributed by atoms with Gasteiger partial charge in [0.05, 0.1) is 27.7 Å². The number of anilines is 1. The first-order valence-electron chi connectivity index (χ1n) is 11.4. The van der Waals surface area contributed by atoms with Crippen LogP contribution in [0.2, 0.25) is 10.0 Å². The molecule has 2 aliphatic rings. The molecule has 7 heteroatoms. The van der Waals surface area contributed by atoms with Gasteiger partial charge in [-0.25, -0.2) is 0 Å². The molecule has 0 saturated carbocycles. The van der Waals surface area contributed by atoms with Gasteiger partial charge >= 0.3 is 0 Å². The summed E-state index contributed by atoms with van der Waals surface area (Å²) in [7, 11) is 1.64. The van der Waals surface area contributed by atoms with Crippen LogP contribution in [0.15, 0.2) is 65.2 Å². The van der Waals surface area contributed by atoms with Crippen LogP contribution in [-0.4, -0.2) is 12.9 Å². The molecule has 0 bridgehead atoms. The molecule has 1 N–H and O–H groups in total. The molecule has 180 valence electrons. The lowest BCUT2D eigenvalue weighted by Crippen LogP contribution is -2.29. The van der Waals surface area contributed by atoms with Crippen molar-refractivity contribution in [3.8, 4) is 11.5 Å². The zero-order chi connectivity index (χ0) is 24.7.